The van der Waals surface area contributed by atoms with Gasteiger partial charge in [0, 0.05) is 30.5 Å². The molecule has 0 spiro atoms. The Morgan fingerprint density at radius 1 is 1.14 bits per heavy atom. The summed E-state index contributed by atoms with van der Waals surface area (Å²) in [4.78, 5) is 47.1. The zero-order valence-corrected chi connectivity index (χ0v) is 15.9. The van der Waals surface area contributed by atoms with Crippen molar-refractivity contribution < 1.29 is 28.8 Å². The highest BCUT2D eigenvalue weighted by molar-refractivity contribution is 6.02. The third kappa shape index (κ3) is 4.25. The normalized spacial score (nSPS) is 16.4. The second-order valence-electron chi connectivity index (χ2n) is 6.09. The lowest BCUT2D eigenvalue weighted by atomic mass is 9.80. The molecule has 0 fully saturated rings. The number of hydrogen-bond acceptors (Lipinski definition) is 8. The summed E-state index contributed by atoms with van der Waals surface area (Å²) >= 11 is 0. The summed E-state index contributed by atoms with van der Waals surface area (Å²) in [7, 11) is 0. The number of nitro benzene ring substituents is 1. The highest BCUT2D eigenvalue weighted by Crippen LogP contribution is 2.40. The summed E-state index contributed by atoms with van der Waals surface area (Å²) in [6, 6.07) is 5.59. The number of allylic oxidation sites excluding steroid dienone is 2. The molecule has 1 atom stereocenters. The molecule has 0 bridgehead atoms. The third-order valence-corrected chi connectivity index (χ3v) is 4.13. The van der Waals surface area contributed by atoms with Crippen molar-refractivity contribution in [2.45, 2.75) is 33.6 Å². The summed E-state index contributed by atoms with van der Waals surface area (Å²) in [5.41, 5.74) is 1.05. The molecule has 1 heterocycles. The van der Waals surface area contributed by atoms with Gasteiger partial charge >= 0.3 is 17.9 Å². The number of nitrogens with one attached hydrogen (secondary N) is 1. The molecule has 1 unspecified atom stereocenters. The van der Waals surface area contributed by atoms with Crippen molar-refractivity contribution in [1.82, 2.24) is 5.32 Å². The first-order valence-corrected chi connectivity index (χ1v) is 8.50. The van der Waals surface area contributed by atoms with Gasteiger partial charge in [0.2, 0.25) is 0 Å². The number of rotatable bonds is 5. The summed E-state index contributed by atoms with van der Waals surface area (Å²) in [6.45, 7) is 6.05. The maximum atomic E-state index is 12.6. The van der Waals surface area contributed by atoms with Crippen LogP contribution in [-0.4, -0.2) is 29.4 Å². The molecule has 9 nitrogen and oxygen atoms in total. The van der Waals surface area contributed by atoms with E-state index in [2.05, 4.69) is 5.32 Å². The van der Waals surface area contributed by atoms with Crippen LogP contribution in [0.3, 0.4) is 0 Å². The van der Waals surface area contributed by atoms with Crippen molar-refractivity contribution in [3.63, 3.8) is 0 Å². The molecule has 1 aliphatic heterocycles. The number of non-ortho nitro benzene ring substituents is 1. The van der Waals surface area contributed by atoms with Crippen LogP contribution in [0.2, 0.25) is 0 Å². The molecule has 0 amide bonds. The first kappa shape index (κ1) is 20.8. The molecular formula is C19H20N2O7. The molecular weight excluding hydrogens is 368 g/mol. The maximum absolute atomic E-state index is 12.6. The molecule has 1 N–H and O–H groups in total. The largest absolute Gasteiger partial charge is 0.463 e. The number of nitro groups is 1. The summed E-state index contributed by atoms with van der Waals surface area (Å²) in [5.74, 6) is -3.42. The van der Waals surface area contributed by atoms with Gasteiger partial charge in [-0.25, -0.2) is 9.59 Å². The standard InChI is InChI=1S/C19H20N2O7/c1-5-27-18(23)15-10(2)20-11(3)16(19(24)28-12(4)22)17(15)13-7-6-8-14(9-13)21(25)26/h6-9,17,20H,5H2,1-4H3. The lowest BCUT2D eigenvalue weighted by Crippen LogP contribution is -2.33. The van der Waals surface area contributed by atoms with Gasteiger partial charge in [-0.05, 0) is 26.3 Å². The van der Waals surface area contributed by atoms with Crippen LogP contribution in [0.4, 0.5) is 5.69 Å². The quantitative estimate of drug-likeness (QED) is 0.353. The Morgan fingerprint density at radius 2 is 1.75 bits per heavy atom. The number of benzene rings is 1. The molecule has 0 aliphatic carbocycles. The smallest absolute Gasteiger partial charge is 0.344 e. The van der Waals surface area contributed by atoms with Gasteiger partial charge in [-0.2, -0.15) is 0 Å². The van der Waals surface area contributed by atoms with Crippen molar-refractivity contribution >= 4 is 23.6 Å². The van der Waals surface area contributed by atoms with Crippen molar-refractivity contribution in [3.8, 4) is 0 Å². The van der Waals surface area contributed by atoms with Crippen LogP contribution >= 0.6 is 0 Å². The Hall–Kier alpha value is -3.49. The Bertz CT molecular complexity index is 915. The van der Waals surface area contributed by atoms with Crippen molar-refractivity contribution in [2.75, 3.05) is 6.61 Å². The van der Waals surface area contributed by atoms with E-state index in [4.69, 9.17) is 9.47 Å². The van der Waals surface area contributed by atoms with Crippen LogP contribution in [0.25, 0.3) is 0 Å². The molecule has 1 aliphatic rings. The van der Waals surface area contributed by atoms with E-state index in [1.54, 1.807) is 26.8 Å². The van der Waals surface area contributed by atoms with Crippen LogP contribution in [-0.2, 0) is 23.9 Å². The molecule has 28 heavy (non-hydrogen) atoms. The van der Waals surface area contributed by atoms with Gasteiger partial charge < -0.3 is 14.8 Å². The Kier molecular flexibility index (Phi) is 6.29. The van der Waals surface area contributed by atoms with Gasteiger partial charge in [0.25, 0.3) is 5.69 Å². The van der Waals surface area contributed by atoms with Gasteiger partial charge in [-0.1, -0.05) is 12.1 Å². The van der Waals surface area contributed by atoms with E-state index in [-0.39, 0.29) is 23.4 Å². The summed E-state index contributed by atoms with van der Waals surface area (Å²) in [5, 5.41) is 14.1. The number of ether oxygens (including phenoxy) is 2. The van der Waals surface area contributed by atoms with Crippen LogP contribution in [0, 0.1) is 10.1 Å². The number of hydrogen-bond donors (Lipinski definition) is 1. The summed E-state index contributed by atoms with van der Waals surface area (Å²) < 4.78 is 9.84. The van der Waals surface area contributed by atoms with Gasteiger partial charge in [0.05, 0.1) is 28.6 Å². The van der Waals surface area contributed by atoms with E-state index in [0.717, 1.165) is 6.92 Å². The Balaban J connectivity index is 2.70. The van der Waals surface area contributed by atoms with Crippen LogP contribution < -0.4 is 5.32 Å². The van der Waals surface area contributed by atoms with E-state index < -0.39 is 28.7 Å². The lowest BCUT2D eigenvalue weighted by molar-refractivity contribution is -0.384. The van der Waals surface area contributed by atoms with Gasteiger partial charge in [-0.15, -0.1) is 0 Å². The van der Waals surface area contributed by atoms with Crippen LogP contribution in [0.5, 0.6) is 0 Å². The molecule has 0 saturated carbocycles. The minimum absolute atomic E-state index is 0.00403. The SMILES string of the molecule is CCOC(=O)C1=C(C)NC(C)=C(C(=O)OC(C)=O)C1c1cccc([N+](=O)[O-])c1. The molecule has 148 valence electrons. The van der Waals surface area contributed by atoms with E-state index in [1.807, 2.05) is 0 Å². The monoisotopic (exact) mass is 388 g/mol. The number of nitrogens with zero attached hydrogens (tertiary/aromatic N) is 1. The lowest BCUT2D eigenvalue weighted by Gasteiger charge is -2.30. The second-order valence-corrected chi connectivity index (χ2v) is 6.09. The fourth-order valence-electron chi connectivity index (χ4n) is 3.08. The van der Waals surface area contributed by atoms with Crippen molar-refractivity contribution in [2.24, 2.45) is 0 Å². The number of dihydropyridines is 1. The van der Waals surface area contributed by atoms with Crippen molar-refractivity contribution in [1.29, 1.82) is 0 Å². The summed E-state index contributed by atoms with van der Waals surface area (Å²) in [6.07, 6.45) is 0. The van der Waals surface area contributed by atoms with E-state index >= 15 is 0 Å². The minimum Gasteiger partial charge on any atom is -0.463 e. The highest BCUT2D eigenvalue weighted by atomic mass is 16.6. The zero-order valence-electron chi connectivity index (χ0n) is 15.9. The van der Waals surface area contributed by atoms with Crippen molar-refractivity contribution in [3.05, 3.63) is 62.5 Å². The average Bonchev–Trinajstić information content (AvgIpc) is 2.60. The first-order chi connectivity index (χ1) is 13.2. The topological polar surface area (TPSA) is 125 Å². The van der Waals surface area contributed by atoms with Gasteiger partial charge in [0.1, 0.15) is 0 Å². The fraction of sp³-hybridized carbons (Fsp3) is 0.316. The highest BCUT2D eigenvalue weighted by Gasteiger charge is 2.38. The number of esters is 3. The number of carbonyl (C=O) groups is 3. The third-order valence-electron chi connectivity index (χ3n) is 4.13. The molecule has 0 radical (unpaired) electrons. The number of carbonyl (C=O) groups excluding carboxylic acids is 3. The molecule has 1 aromatic carbocycles. The van der Waals surface area contributed by atoms with Gasteiger partial charge in [-0.3, -0.25) is 14.9 Å². The molecule has 0 saturated heterocycles. The van der Waals surface area contributed by atoms with E-state index in [9.17, 15) is 24.5 Å². The average molecular weight is 388 g/mol. The maximum Gasteiger partial charge on any atom is 0.344 e. The molecule has 9 heteroatoms. The van der Waals surface area contributed by atoms with Crippen LogP contribution in [0.15, 0.2) is 46.8 Å². The second kappa shape index (κ2) is 8.47. The minimum atomic E-state index is -0.993. The van der Waals surface area contributed by atoms with Crippen LogP contribution in [0.1, 0.15) is 39.2 Å². The Labute approximate surface area is 161 Å². The zero-order chi connectivity index (χ0) is 21.0. The molecule has 2 rings (SSSR count). The fourth-order valence-corrected chi connectivity index (χ4v) is 3.08. The molecule has 1 aromatic rings. The predicted molar refractivity (Wildman–Crippen MR) is 97.8 cm³/mol. The Morgan fingerprint density at radius 3 is 2.29 bits per heavy atom. The van der Waals surface area contributed by atoms with Gasteiger partial charge in [0.15, 0.2) is 0 Å². The van der Waals surface area contributed by atoms with E-state index in [0.29, 0.717) is 17.0 Å². The first-order valence-electron chi connectivity index (χ1n) is 8.50. The predicted octanol–water partition coefficient (Wildman–Crippen LogP) is 2.48. The molecule has 0 aromatic heterocycles. The van der Waals surface area contributed by atoms with E-state index in [1.165, 1.54) is 18.2 Å².